The third-order valence-corrected chi connectivity index (χ3v) is 3.11. The highest BCUT2D eigenvalue weighted by Crippen LogP contribution is 2.29. The highest BCUT2D eigenvalue weighted by atomic mass is 16.5. The van der Waals surface area contributed by atoms with E-state index in [1.807, 2.05) is 13.8 Å². The van der Waals surface area contributed by atoms with Crippen LogP contribution in [0.2, 0.25) is 0 Å². The normalized spacial score (nSPS) is 23.5. The zero-order chi connectivity index (χ0) is 11.5. The number of hydrogen-bond acceptors (Lipinski definition) is 3. The molecule has 1 aliphatic rings. The first kappa shape index (κ1) is 12.5. The van der Waals surface area contributed by atoms with Crippen LogP contribution in [0, 0.1) is 5.41 Å². The average molecular weight is 213 g/mol. The third-order valence-electron chi connectivity index (χ3n) is 3.11. The summed E-state index contributed by atoms with van der Waals surface area (Å²) < 4.78 is 5.04. The summed E-state index contributed by atoms with van der Waals surface area (Å²) in [6.07, 6.45) is 2.43. The maximum Gasteiger partial charge on any atom is 0.323 e. The molecule has 1 fully saturated rings. The predicted molar refractivity (Wildman–Crippen MR) is 60.7 cm³/mol. The molecule has 0 radical (unpaired) electrons. The van der Waals surface area contributed by atoms with Crippen LogP contribution in [0.1, 0.15) is 40.5 Å². The Hall–Kier alpha value is -0.570. The molecule has 0 aliphatic carbocycles. The van der Waals surface area contributed by atoms with E-state index < -0.39 is 0 Å². The minimum atomic E-state index is -0.0930. The van der Waals surface area contributed by atoms with Gasteiger partial charge in [-0.15, -0.1) is 0 Å². The maximum atomic E-state index is 11.6. The van der Waals surface area contributed by atoms with Crippen molar-refractivity contribution in [1.82, 2.24) is 4.90 Å². The van der Waals surface area contributed by atoms with Gasteiger partial charge in [0.15, 0.2) is 0 Å². The van der Waals surface area contributed by atoms with Crippen LogP contribution in [0.5, 0.6) is 0 Å². The van der Waals surface area contributed by atoms with Crippen molar-refractivity contribution in [3.8, 4) is 0 Å². The SMILES string of the molecule is CCOC(=O)C(C)N1CCCC(C)(C)C1. The first-order valence-corrected chi connectivity index (χ1v) is 5.87. The topological polar surface area (TPSA) is 29.5 Å². The second-order valence-corrected chi connectivity index (χ2v) is 5.17. The van der Waals surface area contributed by atoms with Gasteiger partial charge in [0.1, 0.15) is 6.04 Å². The Morgan fingerprint density at radius 1 is 1.53 bits per heavy atom. The zero-order valence-corrected chi connectivity index (χ0v) is 10.4. The Balaban J connectivity index is 2.52. The van der Waals surface area contributed by atoms with Crippen LogP contribution in [-0.4, -0.2) is 36.6 Å². The smallest absolute Gasteiger partial charge is 0.323 e. The van der Waals surface area contributed by atoms with Crippen LogP contribution < -0.4 is 0 Å². The summed E-state index contributed by atoms with van der Waals surface area (Å²) >= 11 is 0. The number of likely N-dealkylation sites (tertiary alicyclic amines) is 1. The highest BCUT2D eigenvalue weighted by molar-refractivity contribution is 5.75. The minimum Gasteiger partial charge on any atom is -0.465 e. The lowest BCUT2D eigenvalue weighted by molar-refractivity contribution is -0.150. The molecular formula is C12H23NO2. The lowest BCUT2D eigenvalue weighted by Crippen LogP contribution is -2.48. The molecule has 1 unspecified atom stereocenters. The van der Waals surface area contributed by atoms with Gasteiger partial charge in [0.2, 0.25) is 0 Å². The summed E-state index contributed by atoms with van der Waals surface area (Å²) in [7, 11) is 0. The predicted octanol–water partition coefficient (Wildman–Crippen LogP) is 2.06. The summed E-state index contributed by atoms with van der Waals surface area (Å²) in [5, 5.41) is 0. The van der Waals surface area contributed by atoms with Crippen LogP contribution in [0.3, 0.4) is 0 Å². The number of esters is 1. The number of ether oxygens (including phenoxy) is 1. The van der Waals surface area contributed by atoms with E-state index in [-0.39, 0.29) is 12.0 Å². The van der Waals surface area contributed by atoms with Crippen LogP contribution in [0.15, 0.2) is 0 Å². The molecular weight excluding hydrogens is 190 g/mol. The summed E-state index contributed by atoms with van der Waals surface area (Å²) in [6.45, 7) is 10.8. The number of carbonyl (C=O) groups excluding carboxylic acids is 1. The standard InChI is InChI=1S/C12H23NO2/c1-5-15-11(14)10(2)13-8-6-7-12(3,4)9-13/h10H,5-9H2,1-4H3. The highest BCUT2D eigenvalue weighted by Gasteiger charge is 2.31. The molecule has 0 aromatic heterocycles. The van der Waals surface area contributed by atoms with Gasteiger partial charge in [-0.05, 0) is 38.6 Å². The molecule has 0 aromatic rings. The monoisotopic (exact) mass is 213 g/mol. The molecule has 0 spiro atoms. The Labute approximate surface area is 92.8 Å². The Kier molecular flexibility index (Phi) is 4.14. The second kappa shape index (κ2) is 4.97. The molecule has 1 atom stereocenters. The number of hydrogen-bond donors (Lipinski definition) is 0. The van der Waals surface area contributed by atoms with Gasteiger partial charge in [0.05, 0.1) is 6.61 Å². The van der Waals surface area contributed by atoms with Crippen molar-refractivity contribution in [2.24, 2.45) is 5.41 Å². The van der Waals surface area contributed by atoms with Crippen molar-refractivity contribution in [2.45, 2.75) is 46.6 Å². The largest absolute Gasteiger partial charge is 0.465 e. The van der Waals surface area contributed by atoms with Gasteiger partial charge in [-0.1, -0.05) is 13.8 Å². The van der Waals surface area contributed by atoms with E-state index in [0.29, 0.717) is 12.0 Å². The second-order valence-electron chi connectivity index (χ2n) is 5.17. The summed E-state index contributed by atoms with van der Waals surface area (Å²) in [5.41, 5.74) is 0.332. The summed E-state index contributed by atoms with van der Waals surface area (Å²) in [4.78, 5) is 13.8. The fourth-order valence-corrected chi connectivity index (χ4v) is 2.21. The van der Waals surface area contributed by atoms with Crippen molar-refractivity contribution < 1.29 is 9.53 Å². The Morgan fingerprint density at radius 3 is 2.73 bits per heavy atom. The quantitative estimate of drug-likeness (QED) is 0.672. The summed E-state index contributed by atoms with van der Waals surface area (Å²) in [5.74, 6) is -0.0878. The van der Waals surface area contributed by atoms with Crippen molar-refractivity contribution >= 4 is 5.97 Å². The molecule has 0 aromatic carbocycles. The molecule has 1 heterocycles. The molecule has 3 nitrogen and oxygen atoms in total. The van der Waals surface area contributed by atoms with Crippen LogP contribution in [0.4, 0.5) is 0 Å². The van der Waals surface area contributed by atoms with Gasteiger partial charge in [-0.25, -0.2) is 0 Å². The van der Waals surface area contributed by atoms with Gasteiger partial charge in [-0.3, -0.25) is 9.69 Å². The number of carbonyl (C=O) groups is 1. The fourth-order valence-electron chi connectivity index (χ4n) is 2.21. The van der Waals surface area contributed by atoms with Crippen LogP contribution >= 0.6 is 0 Å². The minimum absolute atomic E-state index is 0.0878. The van der Waals surface area contributed by atoms with Gasteiger partial charge < -0.3 is 4.74 Å². The average Bonchev–Trinajstić information content (AvgIpc) is 2.15. The number of piperidine rings is 1. The third kappa shape index (κ3) is 3.49. The Bertz CT molecular complexity index is 226. The summed E-state index contributed by atoms with van der Waals surface area (Å²) in [6, 6.07) is -0.0930. The van der Waals surface area contributed by atoms with Crippen LogP contribution in [-0.2, 0) is 9.53 Å². The molecule has 1 aliphatic heterocycles. The van der Waals surface area contributed by atoms with E-state index in [1.54, 1.807) is 0 Å². The molecule has 0 N–H and O–H groups in total. The number of rotatable bonds is 3. The maximum absolute atomic E-state index is 11.6. The molecule has 0 saturated carbocycles. The van der Waals surface area contributed by atoms with Gasteiger partial charge >= 0.3 is 5.97 Å². The zero-order valence-electron chi connectivity index (χ0n) is 10.4. The molecule has 3 heteroatoms. The lowest BCUT2D eigenvalue weighted by atomic mass is 9.83. The van der Waals surface area contributed by atoms with E-state index in [2.05, 4.69) is 18.7 Å². The van der Waals surface area contributed by atoms with Crippen LogP contribution in [0.25, 0.3) is 0 Å². The van der Waals surface area contributed by atoms with Crippen molar-refractivity contribution in [3.63, 3.8) is 0 Å². The van der Waals surface area contributed by atoms with Crippen molar-refractivity contribution in [3.05, 3.63) is 0 Å². The fraction of sp³-hybridized carbons (Fsp3) is 0.917. The Morgan fingerprint density at radius 2 is 2.20 bits per heavy atom. The van der Waals surface area contributed by atoms with Gasteiger partial charge in [-0.2, -0.15) is 0 Å². The first-order valence-electron chi connectivity index (χ1n) is 5.87. The van der Waals surface area contributed by atoms with E-state index in [0.717, 1.165) is 13.1 Å². The first-order chi connectivity index (χ1) is 6.96. The van der Waals surface area contributed by atoms with Gasteiger partial charge in [0.25, 0.3) is 0 Å². The van der Waals surface area contributed by atoms with Crippen molar-refractivity contribution in [2.75, 3.05) is 19.7 Å². The number of nitrogens with zero attached hydrogens (tertiary/aromatic N) is 1. The molecule has 1 rings (SSSR count). The van der Waals surface area contributed by atoms with E-state index in [9.17, 15) is 4.79 Å². The van der Waals surface area contributed by atoms with E-state index in [1.165, 1.54) is 12.8 Å². The molecule has 0 bridgehead atoms. The molecule has 0 amide bonds. The van der Waals surface area contributed by atoms with E-state index in [4.69, 9.17) is 4.74 Å². The van der Waals surface area contributed by atoms with E-state index >= 15 is 0 Å². The molecule has 88 valence electrons. The molecule has 15 heavy (non-hydrogen) atoms. The lowest BCUT2D eigenvalue weighted by Gasteiger charge is -2.40. The van der Waals surface area contributed by atoms with Gasteiger partial charge in [0, 0.05) is 6.54 Å². The molecule has 1 saturated heterocycles. The van der Waals surface area contributed by atoms with Crippen molar-refractivity contribution in [1.29, 1.82) is 0 Å².